The van der Waals surface area contributed by atoms with Gasteiger partial charge in [0.15, 0.2) is 6.17 Å². The molecule has 0 aromatic heterocycles. The molecule has 0 saturated heterocycles. The van der Waals surface area contributed by atoms with Gasteiger partial charge in [-0.2, -0.15) is 0 Å². The van der Waals surface area contributed by atoms with Crippen molar-refractivity contribution in [3.63, 3.8) is 0 Å². The lowest BCUT2D eigenvalue weighted by Crippen LogP contribution is -2.26. The summed E-state index contributed by atoms with van der Waals surface area (Å²) in [5.74, 6) is -3.65. The largest absolute Gasteiger partial charge is 0.279 e. The first-order valence-electron chi connectivity index (χ1n) is 2.41. The molecule has 4 heteroatoms. The first kappa shape index (κ1) is 8.72. The summed E-state index contributed by atoms with van der Waals surface area (Å²) in [5, 5.41) is 0. The number of hydrogen-bond acceptors (Lipinski definition) is 0. The highest BCUT2D eigenvalue weighted by molar-refractivity contribution is 4.78. The van der Waals surface area contributed by atoms with Gasteiger partial charge in [0.05, 0.1) is 6.67 Å². The molecule has 0 heterocycles. The lowest BCUT2D eigenvalue weighted by molar-refractivity contribution is -0.0354. The number of halogens is 4. The van der Waals surface area contributed by atoms with Crippen LogP contribution in [0.1, 0.15) is 6.42 Å². The van der Waals surface area contributed by atoms with Gasteiger partial charge in [0.25, 0.3) is 5.92 Å². The Balaban J connectivity index is 3.59. The summed E-state index contributed by atoms with van der Waals surface area (Å²) >= 11 is 0. The van der Waals surface area contributed by atoms with Crippen molar-refractivity contribution >= 4 is 0 Å². The minimum Gasteiger partial charge on any atom is -0.251 e. The SMILES string of the molecule is [CH2]C(F)(F)C(F)CCF. The van der Waals surface area contributed by atoms with E-state index in [2.05, 4.69) is 6.92 Å². The highest BCUT2D eigenvalue weighted by Gasteiger charge is 2.33. The average molecular weight is 143 g/mol. The van der Waals surface area contributed by atoms with E-state index in [0.29, 0.717) is 0 Å². The zero-order valence-electron chi connectivity index (χ0n) is 4.71. The van der Waals surface area contributed by atoms with E-state index in [1.54, 1.807) is 0 Å². The standard InChI is InChI=1S/C5H7F4/c1-5(8,9)4(7)2-3-6/h4H,1-3H2. The predicted molar refractivity (Wildman–Crippen MR) is 25.8 cm³/mol. The smallest absolute Gasteiger partial charge is 0.251 e. The third-order valence-electron chi connectivity index (χ3n) is 0.821. The second kappa shape index (κ2) is 3.03. The summed E-state index contributed by atoms with van der Waals surface area (Å²) in [7, 11) is 0. The monoisotopic (exact) mass is 143 g/mol. The maximum atomic E-state index is 11.9. The Labute approximate surface area is 50.9 Å². The van der Waals surface area contributed by atoms with Crippen LogP contribution in [0.3, 0.4) is 0 Å². The van der Waals surface area contributed by atoms with E-state index in [0.717, 1.165) is 0 Å². The summed E-state index contributed by atoms with van der Waals surface area (Å²) in [5.41, 5.74) is 0. The van der Waals surface area contributed by atoms with Crippen molar-refractivity contribution in [1.29, 1.82) is 0 Å². The van der Waals surface area contributed by atoms with Crippen molar-refractivity contribution < 1.29 is 17.6 Å². The Bertz CT molecular complexity index is 75.5. The van der Waals surface area contributed by atoms with E-state index in [4.69, 9.17) is 0 Å². The lowest BCUT2D eigenvalue weighted by atomic mass is 10.2. The van der Waals surface area contributed by atoms with E-state index in [9.17, 15) is 17.6 Å². The molecule has 0 aliphatic rings. The van der Waals surface area contributed by atoms with Crippen LogP contribution >= 0.6 is 0 Å². The average Bonchev–Trinajstić information content (AvgIpc) is 1.64. The first-order chi connectivity index (χ1) is 3.98. The molecule has 1 radical (unpaired) electrons. The van der Waals surface area contributed by atoms with Crippen LogP contribution < -0.4 is 0 Å². The van der Waals surface area contributed by atoms with E-state index < -0.39 is 25.2 Å². The fourth-order valence-electron chi connectivity index (χ4n) is 0.307. The van der Waals surface area contributed by atoms with Crippen molar-refractivity contribution in [1.82, 2.24) is 0 Å². The van der Waals surface area contributed by atoms with Gasteiger partial charge in [-0.25, -0.2) is 13.2 Å². The van der Waals surface area contributed by atoms with Crippen molar-refractivity contribution in [2.45, 2.75) is 18.5 Å². The Kier molecular flexibility index (Phi) is 2.94. The molecular formula is C5H7F4. The molecule has 0 aliphatic heterocycles. The van der Waals surface area contributed by atoms with Crippen LogP contribution in [0.4, 0.5) is 17.6 Å². The molecule has 0 fully saturated rings. The van der Waals surface area contributed by atoms with Crippen LogP contribution in [0.25, 0.3) is 0 Å². The zero-order valence-corrected chi connectivity index (χ0v) is 4.71. The van der Waals surface area contributed by atoms with Gasteiger partial charge in [0.2, 0.25) is 0 Å². The molecule has 0 rings (SSSR count). The van der Waals surface area contributed by atoms with Crippen molar-refractivity contribution in [2.24, 2.45) is 0 Å². The lowest BCUT2D eigenvalue weighted by Gasteiger charge is -2.12. The van der Waals surface area contributed by atoms with Crippen LogP contribution in [-0.4, -0.2) is 18.8 Å². The topological polar surface area (TPSA) is 0 Å². The molecule has 0 aliphatic carbocycles. The zero-order chi connectivity index (χ0) is 7.49. The van der Waals surface area contributed by atoms with Crippen LogP contribution in [0.2, 0.25) is 0 Å². The summed E-state index contributed by atoms with van der Waals surface area (Å²) in [4.78, 5) is 0. The van der Waals surface area contributed by atoms with E-state index in [-0.39, 0.29) is 0 Å². The fourth-order valence-corrected chi connectivity index (χ4v) is 0.307. The molecular weight excluding hydrogens is 136 g/mol. The molecule has 9 heavy (non-hydrogen) atoms. The quantitative estimate of drug-likeness (QED) is 0.531. The Hall–Kier alpha value is -0.280. The molecule has 1 unspecified atom stereocenters. The van der Waals surface area contributed by atoms with Gasteiger partial charge in [-0.05, 0) is 0 Å². The number of rotatable bonds is 3. The Morgan fingerprint density at radius 2 is 1.89 bits per heavy atom. The van der Waals surface area contributed by atoms with Gasteiger partial charge in [-0.15, -0.1) is 0 Å². The van der Waals surface area contributed by atoms with Gasteiger partial charge in [0, 0.05) is 13.3 Å². The van der Waals surface area contributed by atoms with Crippen molar-refractivity contribution in [2.75, 3.05) is 6.67 Å². The maximum Gasteiger partial charge on any atom is 0.279 e. The van der Waals surface area contributed by atoms with Gasteiger partial charge >= 0.3 is 0 Å². The molecule has 0 saturated carbocycles. The molecule has 0 aromatic carbocycles. The fraction of sp³-hybridized carbons (Fsp3) is 0.800. The highest BCUT2D eigenvalue weighted by Crippen LogP contribution is 2.22. The van der Waals surface area contributed by atoms with Crippen LogP contribution in [0.15, 0.2) is 0 Å². The minimum absolute atomic E-state index is 0.781. The molecule has 0 bridgehead atoms. The summed E-state index contributed by atoms with van der Waals surface area (Å²) < 4.78 is 46.3. The highest BCUT2D eigenvalue weighted by atomic mass is 19.3. The summed E-state index contributed by atoms with van der Waals surface area (Å²) in [6.45, 7) is 1.14. The van der Waals surface area contributed by atoms with E-state index in [1.807, 2.05) is 0 Å². The number of alkyl halides is 4. The van der Waals surface area contributed by atoms with Gasteiger partial charge < -0.3 is 0 Å². The van der Waals surface area contributed by atoms with Gasteiger partial charge in [0.1, 0.15) is 0 Å². The summed E-state index contributed by atoms with van der Waals surface area (Å²) in [6, 6.07) is 0. The molecule has 0 aromatic rings. The van der Waals surface area contributed by atoms with Gasteiger partial charge in [-0.1, -0.05) is 0 Å². The maximum absolute atomic E-state index is 11.9. The van der Waals surface area contributed by atoms with Crippen LogP contribution in [0, 0.1) is 6.92 Å². The normalized spacial score (nSPS) is 15.7. The van der Waals surface area contributed by atoms with E-state index in [1.165, 1.54) is 0 Å². The summed E-state index contributed by atoms with van der Waals surface area (Å²) in [6.07, 6.45) is -3.24. The molecule has 0 nitrogen and oxygen atoms in total. The van der Waals surface area contributed by atoms with Crippen molar-refractivity contribution in [3.05, 3.63) is 6.92 Å². The predicted octanol–water partition coefficient (Wildman–Crippen LogP) is 2.15. The van der Waals surface area contributed by atoms with Crippen molar-refractivity contribution in [3.8, 4) is 0 Å². The van der Waals surface area contributed by atoms with E-state index >= 15 is 0 Å². The molecule has 0 spiro atoms. The van der Waals surface area contributed by atoms with Gasteiger partial charge in [-0.3, -0.25) is 4.39 Å². The second-order valence-electron chi connectivity index (χ2n) is 1.71. The molecule has 55 valence electrons. The minimum atomic E-state index is -3.65. The van der Waals surface area contributed by atoms with Crippen LogP contribution in [0.5, 0.6) is 0 Å². The molecule has 1 atom stereocenters. The molecule has 0 N–H and O–H groups in total. The van der Waals surface area contributed by atoms with Crippen LogP contribution in [-0.2, 0) is 0 Å². The molecule has 0 amide bonds. The Morgan fingerprint density at radius 1 is 1.44 bits per heavy atom. The second-order valence-corrected chi connectivity index (χ2v) is 1.71. The third-order valence-corrected chi connectivity index (χ3v) is 0.821. The third kappa shape index (κ3) is 3.32. The Morgan fingerprint density at radius 3 is 2.00 bits per heavy atom. The first-order valence-corrected chi connectivity index (χ1v) is 2.41. The number of hydrogen-bond donors (Lipinski definition) is 0.